The zero-order valence-electron chi connectivity index (χ0n) is 30.2. The van der Waals surface area contributed by atoms with Crippen LogP contribution in [0.5, 0.6) is 0 Å². The Morgan fingerprint density at radius 3 is 2.33 bits per heavy atom. The summed E-state index contributed by atoms with van der Waals surface area (Å²) in [5.41, 5.74) is 4.81. The molecule has 0 aliphatic heterocycles. The van der Waals surface area contributed by atoms with Gasteiger partial charge in [-0.05, 0) is 160 Å². The third kappa shape index (κ3) is 6.43. The van der Waals surface area contributed by atoms with E-state index in [1.54, 1.807) is 11.1 Å². The first kappa shape index (κ1) is 33.5. The lowest BCUT2D eigenvalue weighted by Crippen LogP contribution is -2.49. The van der Waals surface area contributed by atoms with E-state index in [2.05, 4.69) is 85.2 Å². The van der Waals surface area contributed by atoms with Crippen molar-refractivity contribution < 1.29 is 9.22 Å². The van der Waals surface area contributed by atoms with E-state index in [4.69, 9.17) is 4.43 Å². The molecule has 0 amide bonds. The highest BCUT2D eigenvalue weighted by Gasteiger charge is 2.54. The lowest BCUT2D eigenvalue weighted by molar-refractivity contribution is -0.137. The highest BCUT2D eigenvalue weighted by Crippen LogP contribution is 2.61. The fourth-order valence-corrected chi connectivity index (χ4v) is 12.8. The molecule has 0 radical (unpaired) electrons. The summed E-state index contributed by atoms with van der Waals surface area (Å²) in [6, 6.07) is 0. The largest absolute Gasteiger partial charge is 0.410 e. The third-order valence-electron chi connectivity index (χ3n) is 14.7. The second kappa shape index (κ2) is 12.3. The highest BCUT2D eigenvalue weighted by atomic mass is 28.4. The van der Waals surface area contributed by atoms with Gasteiger partial charge in [-0.25, -0.2) is 0 Å². The van der Waals surface area contributed by atoms with Crippen molar-refractivity contribution in [3.05, 3.63) is 35.5 Å². The lowest BCUT2D eigenvalue weighted by atomic mass is 9.48. The van der Waals surface area contributed by atoms with Gasteiger partial charge in [0.15, 0.2) is 8.32 Å². The van der Waals surface area contributed by atoms with Crippen molar-refractivity contribution >= 4 is 14.1 Å². The number of Topliss-reactive ketones (excluding diaryl/α,β-unsaturated/α-hetero) is 1. The van der Waals surface area contributed by atoms with Crippen LogP contribution in [0.15, 0.2) is 35.5 Å². The van der Waals surface area contributed by atoms with Crippen LogP contribution in [0, 0.1) is 64.1 Å². The van der Waals surface area contributed by atoms with Crippen molar-refractivity contribution in [2.45, 2.75) is 156 Å². The van der Waals surface area contributed by atoms with Gasteiger partial charge >= 0.3 is 0 Å². The van der Waals surface area contributed by atoms with Gasteiger partial charge in [-0.15, -0.1) is 0 Å². The van der Waals surface area contributed by atoms with Gasteiger partial charge in [0.1, 0.15) is 0 Å². The molecule has 6 atom stereocenters. The Balaban J connectivity index is 1.10. The van der Waals surface area contributed by atoms with E-state index in [1.807, 2.05) is 0 Å². The molecule has 1 unspecified atom stereocenters. The van der Waals surface area contributed by atoms with E-state index in [0.29, 0.717) is 34.9 Å². The summed E-state index contributed by atoms with van der Waals surface area (Å²) in [5, 5.41) is 0.206. The number of fused-ring (bicyclic) bond motifs is 1. The minimum Gasteiger partial charge on any atom is -0.410 e. The number of allylic oxidation sites excluding steroid dienone is 3. The molecule has 3 heteroatoms. The molecule has 0 spiro atoms. The van der Waals surface area contributed by atoms with E-state index in [0.717, 1.165) is 56.3 Å². The number of rotatable bonds is 6. The maximum atomic E-state index is 13.5. The van der Waals surface area contributed by atoms with Crippen molar-refractivity contribution in [3.63, 3.8) is 0 Å². The molecule has 45 heavy (non-hydrogen) atoms. The molecule has 0 aromatic rings. The van der Waals surface area contributed by atoms with Gasteiger partial charge in [-0.1, -0.05) is 77.3 Å². The molecule has 0 N–H and O–H groups in total. The van der Waals surface area contributed by atoms with E-state index in [9.17, 15) is 4.79 Å². The van der Waals surface area contributed by atoms with E-state index >= 15 is 0 Å². The third-order valence-corrected chi connectivity index (χ3v) is 19.2. The Morgan fingerprint density at radius 2 is 1.71 bits per heavy atom. The van der Waals surface area contributed by atoms with Gasteiger partial charge in [-0.3, -0.25) is 4.79 Å². The molecular weight excluding hydrogens is 565 g/mol. The van der Waals surface area contributed by atoms with E-state index in [-0.39, 0.29) is 16.6 Å². The van der Waals surface area contributed by atoms with Crippen LogP contribution in [0.1, 0.15) is 131 Å². The van der Waals surface area contributed by atoms with Crippen LogP contribution in [0.2, 0.25) is 18.1 Å². The maximum absolute atomic E-state index is 13.5. The molecule has 7 rings (SSSR count). The van der Waals surface area contributed by atoms with Crippen LogP contribution in [0.25, 0.3) is 0 Å². The van der Waals surface area contributed by atoms with Crippen LogP contribution in [0.4, 0.5) is 0 Å². The molecule has 7 fully saturated rings. The van der Waals surface area contributed by atoms with Gasteiger partial charge in [0.25, 0.3) is 0 Å². The van der Waals surface area contributed by atoms with Gasteiger partial charge in [0.05, 0.1) is 6.10 Å². The summed E-state index contributed by atoms with van der Waals surface area (Å²) in [4.78, 5) is 13.5. The first-order valence-corrected chi connectivity index (χ1v) is 21.8. The lowest BCUT2D eigenvalue weighted by Gasteiger charge is -2.55. The Hall–Kier alpha value is -1.37. The second-order valence-electron chi connectivity index (χ2n) is 18.9. The van der Waals surface area contributed by atoms with Crippen molar-refractivity contribution in [3.8, 4) is 11.8 Å². The normalized spacial score (nSPS) is 42.0. The zero-order valence-corrected chi connectivity index (χ0v) is 31.2. The SMILES string of the molecule is C=C1[C@H](C)C/C(=C/C=C2\CCC[C@@]3(C)C2CC[C@@H]3[C@H](C)CC#CC(=O)C23CC4CC(CC(C4)C2)C3)C[C@H]1O[Si](C)(C)C(C)(C)C. The summed E-state index contributed by atoms with van der Waals surface area (Å²) >= 11 is 0. The molecule has 7 aliphatic rings. The number of carbonyl (C=O) groups excluding carboxylic acids is 1. The smallest absolute Gasteiger partial charge is 0.211 e. The zero-order chi connectivity index (χ0) is 32.4. The molecule has 7 saturated carbocycles. The second-order valence-corrected chi connectivity index (χ2v) is 23.7. The van der Waals surface area contributed by atoms with Gasteiger partial charge in [0.2, 0.25) is 5.78 Å². The standard InChI is InChI=1S/C42H64O2Si/c1-28(12-10-14-39(43)42-25-32-21-33(26-42)23-34(22-32)27-42)36-17-18-37-35(13-11-19-41(36,37)7)16-15-31-20-29(2)30(3)38(24-31)44-45(8,9)40(4,5)6/h15-16,28-29,32-34,36-38H,3,11-13,17-27H2,1-2,4-9H3/b31-15-,35-16+/t28-,29-,32?,33?,34?,36-,37?,38-,41-,42?/m1/s1. The number of ketones is 1. The van der Waals surface area contributed by atoms with Crippen molar-refractivity contribution in [1.82, 2.24) is 0 Å². The molecule has 0 aromatic carbocycles. The Morgan fingerprint density at radius 1 is 1.07 bits per heavy atom. The molecular formula is C42H64O2Si. The summed E-state index contributed by atoms with van der Waals surface area (Å²) in [6.45, 7) is 23.6. The summed E-state index contributed by atoms with van der Waals surface area (Å²) in [5.74, 6) is 11.9. The van der Waals surface area contributed by atoms with Gasteiger partial charge in [-0.2, -0.15) is 0 Å². The van der Waals surface area contributed by atoms with Crippen LogP contribution in [-0.4, -0.2) is 20.2 Å². The topological polar surface area (TPSA) is 26.3 Å². The number of hydrogen-bond donors (Lipinski definition) is 0. The number of carbonyl (C=O) groups is 1. The van der Waals surface area contributed by atoms with Crippen molar-refractivity contribution in [1.29, 1.82) is 0 Å². The summed E-state index contributed by atoms with van der Waals surface area (Å²) in [7, 11) is -1.86. The molecule has 0 aromatic heterocycles. The fraction of sp³-hybridized carbons (Fsp3) is 0.786. The fourth-order valence-electron chi connectivity index (χ4n) is 11.5. The monoisotopic (exact) mass is 628 g/mol. The molecule has 4 bridgehead atoms. The van der Waals surface area contributed by atoms with E-state index < -0.39 is 8.32 Å². The Kier molecular flexibility index (Phi) is 9.13. The minimum absolute atomic E-state index is 0.0761. The Labute approximate surface area is 277 Å². The highest BCUT2D eigenvalue weighted by molar-refractivity contribution is 6.74. The Bertz CT molecular complexity index is 1260. The van der Waals surface area contributed by atoms with Crippen LogP contribution >= 0.6 is 0 Å². The van der Waals surface area contributed by atoms with Crippen LogP contribution < -0.4 is 0 Å². The van der Waals surface area contributed by atoms with E-state index in [1.165, 1.54) is 56.9 Å². The molecule has 248 valence electrons. The molecule has 0 saturated heterocycles. The number of hydrogen-bond acceptors (Lipinski definition) is 2. The first-order chi connectivity index (χ1) is 21.1. The summed E-state index contributed by atoms with van der Waals surface area (Å²) < 4.78 is 6.93. The molecule has 2 nitrogen and oxygen atoms in total. The average molecular weight is 629 g/mol. The first-order valence-electron chi connectivity index (χ1n) is 18.9. The van der Waals surface area contributed by atoms with Crippen molar-refractivity contribution in [2.24, 2.45) is 52.3 Å². The van der Waals surface area contributed by atoms with Crippen LogP contribution in [-0.2, 0) is 9.22 Å². The molecule has 0 heterocycles. The summed E-state index contributed by atoms with van der Waals surface area (Å²) in [6.07, 6.45) is 22.2. The maximum Gasteiger partial charge on any atom is 0.211 e. The average Bonchev–Trinajstić information content (AvgIpc) is 3.30. The minimum atomic E-state index is -1.86. The molecule has 7 aliphatic carbocycles. The quantitative estimate of drug-likeness (QED) is 0.127. The predicted octanol–water partition coefficient (Wildman–Crippen LogP) is 11.2. The van der Waals surface area contributed by atoms with Gasteiger partial charge in [0, 0.05) is 11.8 Å². The predicted molar refractivity (Wildman–Crippen MR) is 191 cm³/mol. The van der Waals surface area contributed by atoms with Crippen LogP contribution in [0.3, 0.4) is 0 Å². The van der Waals surface area contributed by atoms with Gasteiger partial charge < -0.3 is 4.43 Å². The van der Waals surface area contributed by atoms with Crippen molar-refractivity contribution in [2.75, 3.05) is 0 Å².